The van der Waals surface area contributed by atoms with Crippen molar-refractivity contribution in [1.82, 2.24) is 9.97 Å². The molecule has 6 nitrogen and oxygen atoms in total. The number of carbonyl (C=O) groups excluding carboxylic acids is 1. The molecule has 1 heterocycles. The number of aliphatic hydroxyl groups excluding tert-OH is 1. The van der Waals surface area contributed by atoms with Crippen molar-refractivity contribution in [3.8, 4) is 0 Å². The number of carbonyl (C=O) groups is 1. The minimum atomic E-state index is -0.568. The van der Waals surface area contributed by atoms with Gasteiger partial charge in [0.25, 0.3) is 0 Å². The molecule has 2 N–H and O–H groups in total. The fourth-order valence-electron chi connectivity index (χ4n) is 2.77. The summed E-state index contributed by atoms with van der Waals surface area (Å²) in [4.78, 5) is 20.6. The van der Waals surface area contributed by atoms with Crippen molar-refractivity contribution in [3.05, 3.63) is 16.5 Å². The van der Waals surface area contributed by atoms with E-state index in [0.717, 1.165) is 38.5 Å². The smallest absolute Gasteiger partial charge is 0.358 e. The molecule has 2 aliphatic carbocycles. The van der Waals surface area contributed by atoms with Crippen molar-refractivity contribution < 1.29 is 14.6 Å². The highest BCUT2D eigenvalue weighted by atomic mass is 35.5. The van der Waals surface area contributed by atoms with Crippen molar-refractivity contribution in [2.45, 2.75) is 56.6 Å². The summed E-state index contributed by atoms with van der Waals surface area (Å²) in [7, 11) is 1.30. The first-order chi connectivity index (χ1) is 10.6. The number of methoxy groups -OCH3 is 1. The molecule has 0 aromatic carbocycles. The molecule has 0 radical (unpaired) electrons. The molecular formula is C15H20ClN3O3. The number of ether oxygens (including phenoxy) is 1. The van der Waals surface area contributed by atoms with Crippen LogP contribution >= 0.6 is 11.6 Å². The summed E-state index contributed by atoms with van der Waals surface area (Å²) in [6.07, 6.45) is 5.31. The lowest BCUT2D eigenvalue weighted by Gasteiger charge is -2.29. The Hall–Kier alpha value is -1.40. The zero-order valence-electron chi connectivity index (χ0n) is 12.5. The Morgan fingerprint density at radius 3 is 2.64 bits per heavy atom. The van der Waals surface area contributed by atoms with E-state index in [4.69, 9.17) is 16.3 Å². The summed E-state index contributed by atoms with van der Waals surface area (Å²) in [5.41, 5.74) is 0.0915. The van der Waals surface area contributed by atoms with Crippen LogP contribution in [0.2, 0.25) is 5.02 Å². The summed E-state index contributed by atoms with van der Waals surface area (Å²) < 4.78 is 4.75. The van der Waals surface area contributed by atoms with Crippen molar-refractivity contribution in [3.63, 3.8) is 0 Å². The molecule has 7 heteroatoms. The van der Waals surface area contributed by atoms with E-state index < -0.39 is 12.1 Å². The lowest BCUT2D eigenvalue weighted by atomic mass is 9.92. The number of anilines is 1. The molecule has 0 saturated heterocycles. The molecule has 2 atom stereocenters. The molecule has 2 aliphatic rings. The van der Waals surface area contributed by atoms with Crippen molar-refractivity contribution >= 4 is 23.4 Å². The molecule has 2 saturated carbocycles. The van der Waals surface area contributed by atoms with Gasteiger partial charge in [0, 0.05) is 5.92 Å². The summed E-state index contributed by atoms with van der Waals surface area (Å²) in [5.74, 6) is 0.765. The van der Waals surface area contributed by atoms with Crippen LogP contribution in [-0.2, 0) is 4.74 Å². The van der Waals surface area contributed by atoms with Gasteiger partial charge in [-0.15, -0.1) is 0 Å². The Labute approximate surface area is 134 Å². The SMILES string of the molecule is COC(=O)c1nc(C2CC2)nc(NC2CCCCC2O)c1Cl. The molecule has 0 amide bonds. The quantitative estimate of drug-likeness (QED) is 0.827. The van der Waals surface area contributed by atoms with Crippen LogP contribution in [0.25, 0.3) is 0 Å². The fraction of sp³-hybridized carbons (Fsp3) is 0.667. The van der Waals surface area contributed by atoms with Gasteiger partial charge in [0.1, 0.15) is 16.7 Å². The van der Waals surface area contributed by atoms with Crippen molar-refractivity contribution in [2.24, 2.45) is 0 Å². The highest BCUT2D eigenvalue weighted by Crippen LogP contribution is 2.40. The lowest BCUT2D eigenvalue weighted by molar-refractivity contribution is 0.0593. The van der Waals surface area contributed by atoms with Crippen molar-refractivity contribution in [1.29, 1.82) is 0 Å². The average molecular weight is 326 g/mol. The number of nitrogens with zero attached hydrogens (tertiary/aromatic N) is 2. The van der Waals surface area contributed by atoms with E-state index in [0.29, 0.717) is 11.6 Å². The van der Waals surface area contributed by atoms with Gasteiger partial charge in [0.05, 0.1) is 19.3 Å². The van der Waals surface area contributed by atoms with Crippen molar-refractivity contribution in [2.75, 3.05) is 12.4 Å². The molecule has 0 aliphatic heterocycles. The van der Waals surface area contributed by atoms with Crippen LogP contribution in [-0.4, -0.2) is 40.3 Å². The zero-order valence-corrected chi connectivity index (χ0v) is 13.3. The van der Waals surface area contributed by atoms with E-state index in [1.165, 1.54) is 7.11 Å². The van der Waals surface area contributed by atoms with Crippen LogP contribution in [0.3, 0.4) is 0 Å². The molecule has 0 spiro atoms. The third-order valence-corrected chi connectivity index (χ3v) is 4.60. The second-order valence-corrected chi connectivity index (χ2v) is 6.34. The molecule has 2 unspecified atom stereocenters. The van der Waals surface area contributed by atoms with E-state index in [-0.39, 0.29) is 22.7 Å². The lowest BCUT2D eigenvalue weighted by Crippen LogP contribution is -2.36. The Morgan fingerprint density at radius 1 is 1.27 bits per heavy atom. The topological polar surface area (TPSA) is 84.3 Å². The van der Waals surface area contributed by atoms with E-state index in [9.17, 15) is 9.90 Å². The second-order valence-electron chi connectivity index (χ2n) is 5.96. The summed E-state index contributed by atoms with van der Waals surface area (Å²) in [6.45, 7) is 0. The Balaban J connectivity index is 1.91. The number of rotatable bonds is 4. The average Bonchev–Trinajstić information content (AvgIpc) is 3.35. The molecule has 22 heavy (non-hydrogen) atoms. The third kappa shape index (κ3) is 3.17. The van der Waals surface area contributed by atoms with Crippen LogP contribution in [0.15, 0.2) is 0 Å². The maximum absolute atomic E-state index is 11.9. The van der Waals surface area contributed by atoms with Crippen LogP contribution in [0.5, 0.6) is 0 Å². The predicted octanol–water partition coefficient (Wildman–Crippen LogP) is 2.51. The number of esters is 1. The second kappa shape index (κ2) is 6.38. The highest BCUT2D eigenvalue weighted by Gasteiger charge is 2.31. The van der Waals surface area contributed by atoms with Gasteiger partial charge in [-0.3, -0.25) is 0 Å². The maximum atomic E-state index is 11.9. The number of hydrogen-bond donors (Lipinski definition) is 2. The number of hydrogen-bond acceptors (Lipinski definition) is 6. The Morgan fingerprint density at radius 2 is 2.00 bits per heavy atom. The molecule has 0 bridgehead atoms. The zero-order chi connectivity index (χ0) is 15.7. The molecular weight excluding hydrogens is 306 g/mol. The van der Waals surface area contributed by atoms with E-state index in [2.05, 4.69) is 15.3 Å². The summed E-state index contributed by atoms with van der Waals surface area (Å²) >= 11 is 6.28. The minimum Gasteiger partial charge on any atom is -0.464 e. The minimum absolute atomic E-state index is 0.0915. The van der Waals surface area contributed by atoms with E-state index >= 15 is 0 Å². The first-order valence-corrected chi connectivity index (χ1v) is 8.08. The summed E-state index contributed by atoms with van der Waals surface area (Å²) in [5, 5.41) is 13.5. The molecule has 1 aromatic heterocycles. The standard InChI is InChI=1S/C15H20ClN3O3/c1-22-15(21)12-11(16)14(19-13(18-12)8-6-7-8)17-9-4-2-3-5-10(9)20/h8-10,20H,2-7H2,1H3,(H,17,18,19). The van der Waals surface area contributed by atoms with Crippen LogP contribution in [0.1, 0.15) is 60.8 Å². The van der Waals surface area contributed by atoms with Crippen LogP contribution in [0.4, 0.5) is 5.82 Å². The number of aromatic nitrogens is 2. The first-order valence-electron chi connectivity index (χ1n) is 7.70. The van der Waals surface area contributed by atoms with Gasteiger partial charge in [0.2, 0.25) is 0 Å². The van der Waals surface area contributed by atoms with Gasteiger partial charge < -0.3 is 15.2 Å². The van der Waals surface area contributed by atoms with Gasteiger partial charge in [-0.25, -0.2) is 14.8 Å². The van der Waals surface area contributed by atoms with Gasteiger partial charge in [0.15, 0.2) is 5.69 Å². The van der Waals surface area contributed by atoms with Crippen LogP contribution in [0, 0.1) is 0 Å². The predicted molar refractivity (Wildman–Crippen MR) is 82.2 cm³/mol. The molecule has 3 rings (SSSR count). The van der Waals surface area contributed by atoms with Gasteiger partial charge in [-0.05, 0) is 25.7 Å². The maximum Gasteiger partial charge on any atom is 0.358 e. The molecule has 1 aromatic rings. The third-order valence-electron chi connectivity index (χ3n) is 4.24. The number of nitrogens with one attached hydrogen (secondary N) is 1. The Bertz CT molecular complexity index is 577. The van der Waals surface area contributed by atoms with Gasteiger partial charge in [-0.1, -0.05) is 24.4 Å². The van der Waals surface area contributed by atoms with Gasteiger partial charge >= 0.3 is 5.97 Å². The number of halogens is 1. The summed E-state index contributed by atoms with van der Waals surface area (Å²) in [6, 6.07) is -0.0984. The largest absolute Gasteiger partial charge is 0.464 e. The normalized spacial score (nSPS) is 24.9. The fourth-order valence-corrected chi connectivity index (χ4v) is 2.99. The number of aliphatic hydroxyl groups is 1. The van der Waals surface area contributed by atoms with E-state index in [1.54, 1.807) is 0 Å². The van der Waals surface area contributed by atoms with E-state index in [1.807, 2.05) is 0 Å². The Kier molecular flexibility index (Phi) is 4.49. The molecule has 2 fully saturated rings. The van der Waals surface area contributed by atoms with Crippen LogP contribution < -0.4 is 5.32 Å². The highest BCUT2D eigenvalue weighted by molar-refractivity contribution is 6.35. The monoisotopic (exact) mass is 325 g/mol. The van der Waals surface area contributed by atoms with Gasteiger partial charge in [-0.2, -0.15) is 0 Å². The molecule has 120 valence electrons. The first kappa shape index (κ1) is 15.5.